The van der Waals surface area contributed by atoms with E-state index in [1.54, 1.807) is 48.5 Å². The first-order chi connectivity index (χ1) is 10.2. The summed E-state index contributed by atoms with van der Waals surface area (Å²) in [5, 5.41) is 0. The Morgan fingerprint density at radius 2 is 0.905 bits per heavy atom. The number of hydrogen-bond acceptors (Lipinski definition) is 4. The van der Waals surface area contributed by atoms with E-state index in [0.29, 0.717) is 9.79 Å². The maximum Gasteiger partial charge on any atom is 0.0701 e. The second-order valence-corrected chi connectivity index (χ2v) is 6.44. The molecule has 114 valence electrons. The molecule has 0 bridgehead atoms. The van der Waals surface area contributed by atoms with Crippen LogP contribution in [0, 0.1) is 0 Å². The van der Waals surface area contributed by atoms with Crippen LogP contribution in [-0.4, -0.2) is 35.5 Å². The number of ether oxygens (including phenoxy) is 2. The third-order valence-corrected chi connectivity index (χ3v) is 4.41. The third-order valence-electron chi connectivity index (χ3n) is 2.55. The molecule has 2 N–H and O–H groups in total. The van der Waals surface area contributed by atoms with E-state index < -0.39 is 10.6 Å². The highest BCUT2D eigenvalue weighted by Gasteiger charge is 2.17. The molecule has 2 aliphatic rings. The largest absolute Gasteiger partial charge is 0.377 e. The van der Waals surface area contributed by atoms with Crippen molar-refractivity contribution in [2.45, 2.75) is 9.79 Å². The SMILES string of the molecule is C1CO1.C1CO1.OS(O)(c1ccccc1)c1ccccc1. The van der Waals surface area contributed by atoms with Gasteiger partial charge in [0.1, 0.15) is 0 Å². The van der Waals surface area contributed by atoms with Crippen molar-refractivity contribution in [1.82, 2.24) is 0 Å². The molecule has 2 aromatic carbocycles. The molecule has 0 aliphatic carbocycles. The summed E-state index contributed by atoms with van der Waals surface area (Å²) >= 11 is 0. The van der Waals surface area contributed by atoms with Crippen LogP contribution in [0.2, 0.25) is 0 Å². The molecule has 0 aromatic heterocycles. The molecule has 0 amide bonds. The highest BCUT2D eigenvalue weighted by molar-refractivity contribution is 8.24. The Morgan fingerprint density at radius 1 is 0.619 bits per heavy atom. The molecule has 4 rings (SSSR count). The fraction of sp³-hybridized carbons (Fsp3) is 0.250. The van der Waals surface area contributed by atoms with Crippen LogP contribution in [0.15, 0.2) is 70.5 Å². The van der Waals surface area contributed by atoms with Crippen molar-refractivity contribution in [3.8, 4) is 0 Å². The Hall–Kier alpha value is -1.37. The molecule has 0 radical (unpaired) electrons. The second-order valence-electron chi connectivity index (χ2n) is 4.40. The second kappa shape index (κ2) is 8.17. The van der Waals surface area contributed by atoms with Gasteiger partial charge in [0, 0.05) is 0 Å². The van der Waals surface area contributed by atoms with Crippen molar-refractivity contribution in [3.63, 3.8) is 0 Å². The third kappa shape index (κ3) is 6.29. The molecule has 2 aliphatic heterocycles. The van der Waals surface area contributed by atoms with Crippen LogP contribution in [0.1, 0.15) is 0 Å². The lowest BCUT2D eigenvalue weighted by Crippen LogP contribution is -1.98. The molecule has 2 heterocycles. The molecular weight excluding hydrogens is 288 g/mol. The highest BCUT2D eigenvalue weighted by atomic mass is 32.3. The fourth-order valence-electron chi connectivity index (χ4n) is 1.36. The average molecular weight is 308 g/mol. The summed E-state index contributed by atoms with van der Waals surface area (Å²) in [5.74, 6) is 0. The van der Waals surface area contributed by atoms with Crippen molar-refractivity contribution in [1.29, 1.82) is 0 Å². The van der Waals surface area contributed by atoms with Gasteiger partial charge in [-0.2, -0.15) is 0 Å². The van der Waals surface area contributed by atoms with Crippen molar-refractivity contribution in [2.24, 2.45) is 0 Å². The van der Waals surface area contributed by atoms with Gasteiger partial charge in [0.15, 0.2) is 0 Å². The van der Waals surface area contributed by atoms with Crippen molar-refractivity contribution in [2.75, 3.05) is 26.4 Å². The van der Waals surface area contributed by atoms with E-state index in [4.69, 9.17) is 0 Å². The van der Waals surface area contributed by atoms with Gasteiger partial charge in [-0.25, -0.2) is 0 Å². The van der Waals surface area contributed by atoms with Crippen LogP contribution >= 0.6 is 10.6 Å². The van der Waals surface area contributed by atoms with E-state index in [1.165, 1.54) is 0 Å². The maximum atomic E-state index is 10.1. The summed E-state index contributed by atoms with van der Waals surface area (Å²) in [6.45, 7) is 4.00. The molecule has 2 aromatic rings. The lowest BCUT2D eigenvalue weighted by atomic mass is 10.4. The van der Waals surface area contributed by atoms with Gasteiger partial charge in [0.25, 0.3) is 0 Å². The van der Waals surface area contributed by atoms with Gasteiger partial charge in [-0.1, -0.05) is 36.4 Å². The molecule has 21 heavy (non-hydrogen) atoms. The number of rotatable bonds is 2. The highest BCUT2D eigenvalue weighted by Crippen LogP contribution is 2.55. The van der Waals surface area contributed by atoms with Crippen LogP contribution in [0.5, 0.6) is 0 Å². The van der Waals surface area contributed by atoms with Crippen molar-refractivity contribution >= 4 is 10.6 Å². The van der Waals surface area contributed by atoms with Gasteiger partial charge in [0.2, 0.25) is 0 Å². The minimum absolute atomic E-state index is 0.552. The van der Waals surface area contributed by atoms with Gasteiger partial charge in [0.05, 0.1) is 36.2 Å². The lowest BCUT2D eigenvalue weighted by molar-refractivity contribution is 0.475. The van der Waals surface area contributed by atoms with Gasteiger partial charge in [-0.3, -0.25) is 9.11 Å². The summed E-state index contributed by atoms with van der Waals surface area (Å²) in [6.07, 6.45) is 0. The molecule has 0 spiro atoms. The van der Waals surface area contributed by atoms with Crippen molar-refractivity contribution in [3.05, 3.63) is 60.7 Å². The zero-order chi connectivity index (χ0) is 15.0. The molecule has 5 heteroatoms. The quantitative estimate of drug-likeness (QED) is 0.826. The molecular formula is C16H20O4S. The predicted molar refractivity (Wildman–Crippen MR) is 83.9 cm³/mol. The Morgan fingerprint density at radius 3 is 1.14 bits per heavy atom. The Bertz CT molecular complexity index is 459. The van der Waals surface area contributed by atoms with Gasteiger partial charge in [-0.15, -0.1) is 10.6 Å². The van der Waals surface area contributed by atoms with Crippen molar-refractivity contribution < 1.29 is 18.6 Å². The average Bonchev–Trinajstić information content (AvgIpc) is 3.40. The summed E-state index contributed by atoms with van der Waals surface area (Å²) in [7, 11) is -2.84. The Kier molecular flexibility index (Phi) is 6.22. The Balaban J connectivity index is 0.000000220. The van der Waals surface area contributed by atoms with Gasteiger partial charge in [-0.05, 0) is 24.3 Å². The van der Waals surface area contributed by atoms with E-state index in [2.05, 4.69) is 9.47 Å². The first-order valence-electron chi connectivity index (χ1n) is 6.75. The number of benzene rings is 2. The zero-order valence-corrected chi connectivity index (χ0v) is 12.5. The predicted octanol–water partition coefficient (Wildman–Crippen LogP) is 3.89. The first kappa shape index (κ1) is 16.0. The fourth-order valence-corrected chi connectivity index (χ4v) is 2.70. The molecule has 2 saturated heterocycles. The van der Waals surface area contributed by atoms with E-state index in [1.807, 2.05) is 12.1 Å². The lowest BCUT2D eigenvalue weighted by Gasteiger charge is -2.32. The standard InChI is InChI=1S/C12H12O2S.2C2H4O/c13-15(14,11-7-3-1-4-8-11)12-9-5-2-6-10-12;2*1-2-3-1/h1-10,13-14H;2*1-2H2. The summed E-state index contributed by atoms with van der Waals surface area (Å²) in [6, 6.07) is 17.8. The summed E-state index contributed by atoms with van der Waals surface area (Å²) in [5.41, 5.74) is 0. The summed E-state index contributed by atoms with van der Waals surface area (Å²) in [4.78, 5) is 1.10. The monoisotopic (exact) mass is 308 g/mol. The molecule has 4 nitrogen and oxygen atoms in total. The summed E-state index contributed by atoms with van der Waals surface area (Å²) < 4.78 is 29.2. The maximum absolute atomic E-state index is 10.1. The van der Waals surface area contributed by atoms with Crippen LogP contribution in [0.4, 0.5) is 0 Å². The number of hydrogen-bond donors (Lipinski definition) is 2. The van der Waals surface area contributed by atoms with Gasteiger partial charge >= 0.3 is 0 Å². The van der Waals surface area contributed by atoms with Crippen LogP contribution in [0.25, 0.3) is 0 Å². The van der Waals surface area contributed by atoms with Crippen LogP contribution in [-0.2, 0) is 9.47 Å². The normalized spacial score (nSPS) is 15.7. The molecule has 0 unspecified atom stereocenters. The first-order valence-corrected chi connectivity index (χ1v) is 8.30. The minimum atomic E-state index is -2.84. The topological polar surface area (TPSA) is 65.5 Å². The van der Waals surface area contributed by atoms with Crippen LogP contribution < -0.4 is 0 Å². The van der Waals surface area contributed by atoms with E-state index in [0.717, 1.165) is 26.4 Å². The van der Waals surface area contributed by atoms with E-state index in [9.17, 15) is 9.11 Å². The minimum Gasteiger partial charge on any atom is -0.377 e. The smallest absolute Gasteiger partial charge is 0.0701 e. The van der Waals surface area contributed by atoms with E-state index >= 15 is 0 Å². The Labute approximate surface area is 126 Å². The zero-order valence-electron chi connectivity index (χ0n) is 11.7. The van der Waals surface area contributed by atoms with E-state index in [-0.39, 0.29) is 0 Å². The molecule has 2 fully saturated rings. The van der Waals surface area contributed by atoms with Gasteiger partial charge < -0.3 is 9.47 Å². The molecule has 0 saturated carbocycles. The molecule has 0 atom stereocenters. The van der Waals surface area contributed by atoms with Crippen LogP contribution in [0.3, 0.4) is 0 Å². The number of epoxide rings is 2.